The molecule has 11 heavy (non-hydrogen) atoms. The van der Waals surface area contributed by atoms with Gasteiger partial charge in [0.05, 0.1) is 10.9 Å². The first kappa shape index (κ1) is 9.00. The molecule has 0 aliphatic rings. The fourth-order valence-electron chi connectivity index (χ4n) is 0.830. The number of aliphatic hydroxyl groups is 1. The van der Waals surface area contributed by atoms with Gasteiger partial charge in [-0.2, -0.15) is 0 Å². The third-order valence-electron chi connectivity index (χ3n) is 1.33. The summed E-state index contributed by atoms with van der Waals surface area (Å²) in [5, 5.41) is 11.8. The summed E-state index contributed by atoms with van der Waals surface area (Å²) in [6.07, 6.45) is 0. The number of rotatable bonds is 3. The van der Waals surface area contributed by atoms with Crippen LogP contribution in [0.3, 0.4) is 0 Å². The molecule has 0 atom stereocenters. The molecule has 0 unspecified atom stereocenters. The SMILES string of the molecule is CNCc1cc(CO)c(Cl)s1. The van der Waals surface area contributed by atoms with Gasteiger partial charge >= 0.3 is 0 Å². The molecule has 1 heterocycles. The molecular formula is C7H10ClNOS. The van der Waals surface area contributed by atoms with E-state index in [0.717, 1.165) is 17.0 Å². The van der Waals surface area contributed by atoms with Gasteiger partial charge in [0, 0.05) is 17.0 Å². The molecule has 2 N–H and O–H groups in total. The Labute approximate surface area is 74.8 Å². The summed E-state index contributed by atoms with van der Waals surface area (Å²) in [6.45, 7) is 0.837. The first-order valence-electron chi connectivity index (χ1n) is 3.30. The number of halogens is 1. The van der Waals surface area contributed by atoms with Crippen molar-refractivity contribution < 1.29 is 5.11 Å². The Balaban J connectivity index is 2.77. The minimum Gasteiger partial charge on any atom is -0.392 e. The highest BCUT2D eigenvalue weighted by molar-refractivity contribution is 7.16. The van der Waals surface area contributed by atoms with Gasteiger partial charge in [-0.1, -0.05) is 11.6 Å². The molecule has 1 aromatic heterocycles. The quantitative estimate of drug-likeness (QED) is 0.761. The van der Waals surface area contributed by atoms with E-state index < -0.39 is 0 Å². The second-order valence-corrected chi connectivity index (χ2v) is 3.94. The van der Waals surface area contributed by atoms with Crippen LogP contribution in [0.2, 0.25) is 4.34 Å². The second kappa shape index (κ2) is 4.07. The molecule has 0 aliphatic carbocycles. The third kappa shape index (κ3) is 2.17. The molecule has 0 bridgehead atoms. The lowest BCUT2D eigenvalue weighted by molar-refractivity contribution is 0.282. The molecule has 0 fully saturated rings. The van der Waals surface area contributed by atoms with Gasteiger partial charge < -0.3 is 10.4 Å². The predicted octanol–water partition coefficient (Wildman–Crippen LogP) is 1.61. The maximum Gasteiger partial charge on any atom is 0.0986 e. The fraction of sp³-hybridized carbons (Fsp3) is 0.429. The molecule has 0 saturated carbocycles. The van der Waals surface area contributed by atoms with Crippen molar-refractivity contribution in [2.24, 2.45) is 0 Å². The zero-order chi connectivity index (χ0) is 8.27. The lowest BCUT2D eigenvalue weighted by atomic mass is 10.3. The lowest BCUT2D eigenvalue weighted by Crippen LogP contribution is -2.02. The molecular weight excluding hydrogens is 182 g/mol. The van der Waals surface area contributed by atoms with Crippen LogP contribution in [0.5, 0.6) is 0 Å². The molecule has 0 saturated heterocycles. The van der Waals surface area contributed by atoms with Crippen LogP contribution in [-0.2, 0) is 13.2 Å². The molecule has 2 nitrogen and oxygen atoms in total. The molecule has 1 aromatic rings. The van der Waals surface area contributed by atoms with E-state index in [1.165, 1.54) is 11.3 Å². The van der Waals surface area contributed by atoms with Gasteiger partial charge in [-0.25, -0.2) is 0 Å². The number of nitrogens with one attached hydrogen (secondary N) is 1. The molecule has 0 spiro atoms. The van der Waals surface area contributed by atoms with Crippen molar-refractivity contribution >= 4 is 22.9 Å². The zero-order valence-electron chi connectivity index (χ0n) is 6.22. The van der Waals surface area contributed by atoms with Crippen molar-refractivity contribution in [1.82, 2.24) is 5.32 Å². The maximum atomic E-state index is 8.80. The van der Waals surface area contributed by atoms with Crippen LogP contribution in [0.25, 0.3) is 0 Å². The average molecular weight is 192 g/mol. The first-order valence-corrected chi connectivity index (χ1v) is 4.50. The second-order valence-electron chi connectivity index (χ2n) is 2.20. The minimum absolute atomic E-state index is 0.0268. The molecule has 0 aromatic carbocycles. The Morgan fingerprint density at radius 1 is 1.73 bits per heavy atom. The van der Waals surface area contributed by atoms with Crippen LogP contribution in [-0.4, -0.2) is 12.2 Å². The number of hydrogen-bond acceptors (Lipinski definition) is 3. The molecule has 0 aliphatic heterocycles. The van der Waals surface area contributed by atoms with Crippen molar-refractivity contribution in [3.8, 4) is 0 Å². The van der Waals surface area contributed by atoms with E-state index in [4.69, 9.17) is 16.7 Å². The molecule has 0 amide bonds. The first-order chi connectivity index (χ1) is 5.27. The standard InChI is InChI=1S/C7H10ClNOS/c1-9-3-6-2-5(4-10)7(8)11-6/h2,9-10H,3-4H2,1H3. The van der Waals surface area contributed by atoms with Gasteiger partial charge in [0.1, 0.15) is 0 Å². The smallest absolute Gasteiger partial charge is 0.0986 e. The van der Waals surface area contributed by atoms with Crippen LogP contribution >= 0.6 is 22.9 Å². The van der Waals surface area contributed by atoms with Crippen LogP contribution < -0.4 is 5.32 Å². The van der Waals surface area contributed by atoms with E-state index in [2.05, 4.69) is 5.32 Å². The summed E-state index contributed by atoms with van der Waals surface area (Å²) in [6, 6.07) is 1.92. The Hall–Kier alpha value is -0.0900. The monoisotopic (exact) mass is 191 g/mol. The normalized spacial score (nSPS) is 10.5. The van der Waals surface area contributed by atoms with Crippen LogP contribution in [0.4, 0.5) is 0 Å². The lowest BCUT2D eigenvalue weighted by Gasteiger charge is -1.90. The van der Waals surface area contributed by atoms with E-state index in [9.17, 15) is 0 Å². The van der Waals surface area contributed by atoms with Gasteiger partial charge in [-0.3, -0.25) is 0 Å². The van der Waals surface area contributed by atoms with Gasteiger partial charge in [0.25, 0.3) is 0 Å². The highest BCUT2D eigenvalue weighted by Crippen LogP contribution is 2.27. The fourth-order valence-corrected chi connectivity index (χ4v) is 2.14. The summed E-state index contributed by atoms with van der Waals surface area (Å²) in [5.41, 5.74) is 0.821. The maximum absolute atomic E-state index is 8.80. The summed E-state index contributed by atoms with van der Waals surface area (Å²) in [5.74, 6) is 0. The Kier molecular flexibility index (Phi) is 3.33. The summed E-state index contributed by atoms with van der Waals surface area (Å²) >= 11 is 7.32. The van der Waals surface area contributed by atoms with Gasteiger partial charge in [-0.15, -0.1) is 11.3 Å². The van der Waals surface area contributed by atoms with Crippen molar-refractivity contribution in [1.29, 1.82) is 0 Å². The molecule has 1 rings (SSSR count). The predicted molar refractivity (Wildman–Crippen MR) is 48.0 cm³/mol. The van der Waals surface area contributed by atoms with Gasteiger partial charge in [0.15, 0.2) is 0 Å². The van der Waals surface area contributed by atoms with E-state index in [1.54, 1.807) is 0 Å². The van der Waals surface area contributed by atoms with E-state index in [-0.39, 0.29) is 6.61 Å². The number of hydrogen-bond donors (Lipinski definition) is 2. The summed E-state index contributed by atoms with van der Waals surface area (Å²) in [7, 11) is 1.88. The van der Waals surface area contributed by atoms with E-state index in [0.29, 0.717) is 4.34 Å². The Morgan fingerprint density at radius 2 is 2.45 bits per heavy atom. The zero-order valence-corrected chi connectivity index (χ0v) is 7.80. The van der Waals surface area contributed by atoms with Crippen LogP contribution in [0.15, 0.2) is 6.07 Å². The number of thiophene rings is 1. The highest BCUT2D eigenvalue weighted by atomic mass is 35.5. The minimum atomic E-state index is 0.0268. The third-order valence-corrected chi connectivity index (χ3v) is 2.77. The summed E-state index contributed by atoms with van der Waals surface area (Å²) < 4.78 is 0.692. The molecule has 4 heteroatoms. The van der Waals surface area contributed by atoms with Crippen molar-refractivity contribution in [3.63, 3.8) is 0 Å². The van der Waals surface area contributed by atoms with Crippen LogP contribution in [0.1, 0.15) is 10.4 Å². The van der Waals surface area contributed by atoms with E-state index in [1.807, 2.05) is 13.1 Å². The number of aliphatic hydroxyl groups excluding tert-OH is 1. The largest absolute Gasteiger partial charge is 0.392 e. The Morgan fingerprint density at radius 3 is 2.91 bits per heavy atom. The van der Waals surface area contributed by atoms with Crippen molar-refractivity contribution in [2.45, 2.75) is 13.2 Å². The molecule has 62 valence electrons. The Bertz CT molecular complexity index is 236. The molecule has 0 radical (unpaired) electrons. The highest BCUT2D eigenvalue weighted by Gasteiger charge is 2.04. The topological polar surface area (TPSA) is 32.3 Å². The van der Waals surface area contributed by atoms with Crippen molar-refractivity contribution in [2.75, 3.05) is 7.05 Å². The summed E-state index contributed by atoms with van der Waals surface area (Å²) in [4.78, 5) is 1.15. The van der Waals surface area contributed by atoms with Gasteiger partial charge in [-0.05, 0) is 13.1 Å². The van der Waals surface area contributed by atoms with Gasteiger partial charge in [0.2, 0.25) is 0 Å². The van der Waals surface area contributed by atoms with E-state index >= 15 is 0 Å². The van der Waals surface area contributed by atoms with Crippen molar-refractivity contribution in [3.05, 3.63) is 20.8 Å². The van der Waals surface area contributed by atoms with Crippen LogP contribution in [0, 0.1) is 0 Å². The average Bonchev–Trinajstić information content (AvgIpc) is 2.32.